The number of hydrogen-bond donors (Lipinski definition) is 2. The third-order valence-electron chi connectivity index (χ3n) is 2.82. The van der Waals surface area contributed by atoms with Crippen molar-refractivity contribution in [1.29, 1.82) is 0 Å². The first-order chi connectivity index (χ1) is 9.06. The zero-order chi connectivity index (χ0) is 14.3. The highest BCUT2D eigenvalue weighted by atomic mass is 16.4. The van der Waals surface area contributed by atoms with Crippen molar-refractivity contribution in [3.05, 3.63) is 24.5 Å². The lowest BCUT2D eigenvalue weighted by Gasteiger charge is -2.19. The van der Waals surface area contributed by atoms with Crippen molar-refractivity contribution in [2.75, 3.05) is 18.5 Å². The largest absolute Gasteiger partial charge is 0.481 e. The lowest BCUT2D eigenvalue weighted by Crippen LogP contribution is -2.41. The second kappa shape index (κ2) is 7.35. The van der Waals surface area contributed by atoms with Crippen molar-refractivity contribution in [2.24, 2.45) is 5.92 Å². The fourth-order valence-corrected chi connectivity index (χ4v) is 1.66. The average Bonchev–Trinajstić information content (AvgIpc) is 2.42. The first-order valence-electron chi connectivity index (χ1n) is 6.20. The lowest BCUT2D eigenvalue weighted by atomic mass is 10.0. The van der Waals surface area contributed by atoms with Crippen molar-refractivity contribution in [3.63, 3.8) is 0 Å². The Morgan fingerprint density at radius 2 is 2.26 bits per heavy atom. The summed E-state index contributed by atoms with van der Waals surface area (Å²) in [5, 5.41) is 11.6. The van der Waals surface area contributed by atoms with E-state index in [4.69, 9.17) is 5.11 Å². The van der Waals surface area contributed by atoms with Gasteiger partial charge in [-0.15, -0.1) is 0 Å². The number of amides is 2. The topological polar surface area (TPSA) is 82.5 Å². The van der Waals surface area contributed by atoms with Crippen molar-refractivity contribution < 1.29 is 14.7 Å². The minimum absolute atomic E-state index is 0.132. The smallest absolute Gasteiger partial charge is 0.321 e. The van der Waals surface area contributed by atoms with Crippen LogP contribution in [0.15, 0.2) is 24.5 Å². The number of anilines is 1. The number of urea groups is 1. The number of carboxylic acids is 1. The van der Waals surface area contributed by atoms with Crippen LogP contribution < -0.4 is 10.2 Å². The van der Waals surface area contributed by atoms with Gasteiger partial charge >= 0.3 is 12.0 Å². The van der Waals surface area contributed by atoms with Crippen LogP contribution in [0.5, 0.6) is 0 Å². The Morgan fingerprint density at radius 1 is 1.53 bits per heavy atom. The predicted octanol–water partition coefficient (Wildman–Crippen LogP) is 1.73. The summed E-state index contributed by atoms with van der Waals surface area (Å²) in [7, 11) is 1.61. The monoisotopic (exact) mass is 265 g/mol. The fraction of sp³-hybridized carbons (Fsp3) is 0.462. The van der Waals surface area contributed by atoms with Gasteiger partial charge in [0, 0.05) is 19.8 Å². The normalized spacial score (nSPS) is 11.7. The second-order valence-electron chi connectivity index (χ2n) is 4.28. The van der Waals surface area contributed by atoms with Crippen LogP contribution in [0.3, 0.4) is 0 Å². The van der Waals surface area contributed by atoms with Crippen LogP contribution in [0.25, 0.3) is 0 Å². The van der Waals surface area contributed by atoms with Crippen LogP contribution in [-0.2, 0) is 4.79 Å². The molecule has 2 N–H and O–H groups in total. The van der Waals surface area contributed by atoms with Gasteiger partial charge in [-0.3, -0.25) is 14.7 Å². The summed E-state index contributed by atoms with van der Waals surface area (Å²) in [6, 6.07) is 3.15. The molecule has 0 spiro atoms. The summed E-state index contributed by atoms with van der Waals surface area (Å²) in [6.45, 7) is 2.05. The molecule has 1 aromatic rings. The molecule has 0 saturated heterocycles. The van der Waals surface area contributed by atoms with Crippen molar-refractivity contribution in [1.82, 2.24) is 10.3 Å². The predicted molar refractivity (Wildman–Crippen MR) is 72.1 cm³/mol. The molecule has 6 nitrogen and oxygen atoms in total. The number of carboxylic acid groups (broad SMARTS) is 1. The van der Waals surface area contributed by atoms with Crippen molar-refractivity contribution in [3.8, 4) is 0 Å². The minimum atomic E-state index is -0.883. The number of hydrogen-bond acceptors (Lipinski definition) is 3. The van der Waals surface area contributed by atoms with E-state index < -0.39 is 11.9 Å². The lowest BCUT2D eigenvalue weighted by molar-refractivity contribution is -0.141. The number of carbonyl (C=O) groups is 2. The number of nitrogens with zero attached hydrogens (tertiary/aromatic N) is 2. The van der Waals surface area contributed by atoms with Gasteiger partial charge in [0.2, 0.25) is 0 Å². The van der Waals surface area contributed by atoms with E-state index in [-0.39, 0.29) is 12.6 Å². The molecule has 0 fully saturated rings. The van der Waals surface area contributed by atoms with E-state index in [2.05, 4.69) is 10.3 Å². The third kappa shape index (κ3) is 4.57. The quantitative estimate of drug-likeness (QED) is 0.820. The van der Waals surface area contributed by atoms with Crippen LogP contribution in [-0.4, -0.2) is 35.7 Å². The molecule has 1 rings (SSSR count). The molecule has 1 unspecified atom stereocenters. The van der Waals surface area contributed by atoms with Crippen LogP contribution in [0.4, 0.5) is 10.5 Å². The van der Waals surface area contributed by atoms with Crippen molar-refractivity contribution in [2.45, 2.75) is 19.8 Å². The van der Waals surface area contributed by atoms with Crippen molar-refractivity contribution >= 4 is 17.7 Å². The maximum absolute atomic E-state index is 11.9. The highest BCUT2D eigenvalue weighted by Crippen LogP contribution is 2.10. The Balaban J connectivity index is 2.53. The van der Waals surface area contributed by atoms with Crippen LogP contribution in [0.2, 0.25) is 0 Å². The molecule has 0 saturated carbocycles. The van der Waals surface area contributed by atoms with Gasteiger partial charge in [0.05, 0.1) is 17.8 Å². The highest BCUT2D eigenvalue weighted by molar-refractivity contribution is 5.91. The molecular formula is C13H19N3O3. The Hall–Kier alpha value is -2.11. The molecule has 0 bridgehead atoms. The number of carbonyl (C=O) groups excluding carboxylic acids is 1. The van der Waals surface area contributed by atoms with E-state index in [0.717, 1.165) is 6.42 Å². The first kappa shape index (κ1) is 14.9. The Morgan fingerprint density at radius 3 is 2.79 bits per heavy atom. The van der Waals surface area contributed by atoms with E-state index >= 15 is 0 Å². The second-order valence-corrected chi connectivity index (χ2v) is 4.28. The molecule has 19 heavy (non-hydrogen) atoms. The molecule has 6 heteroatoms. The molecule has 2 amide bonds. The maximum Gasteiger partial charge on any atom is 0.321 e. The number of pyridine rings is 1. The highest BCUT2D eigenvalue weighted by Gasteiger charge is 2.18. The van der Waals surface area contributed by atoms with Gasteiger partial charge in [-0.1, -0.05) is 13.3 Å². The van der Waals surface area contributed by atoms with Crippen LogP contribution >= 0.6 is 0 Å². The number of rotatable bonds is 6. The Bertz CT molecular complexity index is 422. The maximum atomic E-state index is 11.9. The number of nitrogens with one attached hydrogen (secondary N) is 1. The molecular weight excluding hydrogens is 246 g/mol. The van der Waals surface area contributed by atoms with E-state index in [1.807, 2.05) is 6.92 Å². The van der Waals surface area contributed by atoms with E-state index in [1.54, 1.807) is 31.6 Å². The van der Waals surface area contributed by atoms with Gasteiger partial charge < -0.3 is 10.4 Å². The molecule has 0 aliphatic carbocycles. The molecule has 0 radical (unpaired) electrons. The first-order valence-corrected chi connectivity index (χ1v) is 6.20. The molecule has 104 valence electrons. The molecule has 1 heterocycles. The standard InChI is InChI=1S/C13H19N3O3/c1-3-5-10(12(17)18)8-15-13(19)16(2)11-6-4-7-14-9-11/h4,6-7,9-10H,3,5,8H2,1-2H3,(H,15,19)(H,17,18). The summed E-state index contributed by atoms with van der Waals surface area (Å²) < 4.78 is 0. The van der Waals surface area contributed by atoms with Gasteiger partial charge in [0.1, 0.15) is 0 Å². The van der Waals surface area contributed by atoms with E-state index in [9.17, 15) is 9.59 Å². The van der Waals surface area contributed by atoms with Gasteiger partial charge in [-0.05, 0) is 18.6 Å². The van der Waals surface area contributed by atoms with Crippen LogP contribution in [0.1, 0.15) is 19.8 Å². The summed E-state index contributed by atoms with van der Waals surface area (Å²) >= 11 is 0. The van der Waals surface area contributed by atoms with E-state index in [0.29, 0.717) is 12.1 Å². The summed E-state index contributed by atoms with van der Waals surface area (Å²) in [6.07, 6.45) is 4.51. The van der Waals surface area contributed by atoms with E-state index in [1.165, 1.54) is 4.90 Å². The number of aliphatic carboxylic acids is 1. The Labute approximate surface area is 112 Å². The third-order valence-corrected chi connectivity index (χ3v) is 2.82. The molecule has 1 aromatic heterocycles. The summed E-state index contributed by atoms with van der Waals surface area (Å²) in [4.78, 5) is 28.2. The molecule has 0 aliphatic heterocycles. The van der Waals surface area contributed by atoms with Crippen LogP contribution in [0, 0.1) is 5.92 Å². The van der Waals surface area contributed by atoms with Gasteiger partial charge in [0.25, 0.3) is 0 Å². The minimum Gasteiger partial charge on any atom is -0.481 e. The SMILES string of the molecule is CCCC(CNC(=O)N(C)c1cccnc1)C(=O)O. The molecule has 0 aromatic carbocycles. The molecule has 1 atom stereocenters. The van der Waals surface area contributed by atoms with Gasteiger partial charge in [-0.2, -0.15) is 0 Å². The molecule has 0 aliphatic rings. The van der Waals surface area contributed by atoms with Gasteiger partial charge in [0.15, 0.2) is 0 Å². The Kier molecular flexibility index (Phi) is 5.78. The zero-order valence-electron chi connectivity index (χ0n) is 11.2. The summed E-state index contributed by atoms with van der Waals surface area (Å²) in [5.74, 6) is -1.43. The number of aromatic nitrogens is 1. The average molecular weight is 265 g/mol. The zero-order valence-corrected chi connectivity index (χ0v) is 11.2. The fourth-order valence-electron chi connectivity index (χ4n) is 1.66. The summed E-state index contributed by atoms with van der Waals surface area (Å²) in [5.41, 5.74) is 0.655. The van der Waals surface area contributed by atoms with Gasteiger partial charge in [-0.25, -0.2) is 4.79 Å².